The highest BCUT2D eigenvalue weighted by Gasteiger charge is 2.56. The Morgan fingerprint density at radius 2 is 0.933 bits per heavy atom. The van der Waals surface area contributed by atoms with Gasteiger partial charge in [0, 0.05) is 176 Å². The number of imidazole rings is 1. The molecule has 7 fully saturated rings. The number of aliphatic hydroxyl groups excluding tert-OH is 1. The monoisotopic (exact) mass is 2160 g/mol. The number of methoxy groups -OCH3 is 14. The van der Waals surface area contributed by atoms with Gasteiger partial charge in [0.15, 0.2) is 85.5 Å². The van der Waals surface area contributed by atoms with Crippen LogP contribution in [0.5, 0.6) is 5.75 Å². The number of carbonyl (C=O) groups excluding carboxylic acids is 4. The fourth-order valence-electron chi connectivity index (χ4n) is 17.9. The maximum atomic E-state index is 14.7. The molecule has 4 aromatic rings. The number of nitrogen functional groups attached to an aromatic ring is 1. The molecule has 5 amide bonds. The number of benzene rings is 1. The van der Waals surface area contributed by atoms with Crippen molar-refractivity contribution in [3.63, 3.8) is 0 Å². The fourth-order valence-corrected chi connectivity index (χ4v) is 20.5. The van der Waals surface area contributed by atoms with Crippen LogP contribution in [0.25, 0.3) is 11.2 Å². The van der Waals surface area contributed by atoms with Gasteiger partial charge in [0.1, 0.15) is 143 Å². The van der Waals surface area contributed by atoms with Gasteiger partial charge in [-0.05, 0) is 46.2 Å². The van der Waals surface area contributed by atoms with E-state index in [1.807, 2.05) is 18.2 Å². The zero-order valence-corrected chi connectivity index (χ0v) is 88.3. The summed E-state index contributed by atoms with van der Waals surface area (Å²) in [6, 6.07) is 5.45. The molecular formula is C96H135F6N19O27S2. The number of alkyl halides is 6. The van der Waals surface area contributed by atoms with E-state index in [1.165, 1.54) is 175 Å². The van der Waals surface area contributed by atoms with Crippen LogP contribution < -0.4 is 53.8 Å². The fraction of sp³-hybridized carbons (Fsp3) is 0.583. The molecule has 0 bridgehead atoms. The average molecular weight is 2170 g/mol. The molecule has 0 spiro atoms. The quantitative estimate of drug-likeness (QED) is 0.0234. The number of ether oxygens (including phenoxy) is 21. The second-order valence-corrected chi connectivity index (χ2v) is 37.7. The summed E-state index contributed by atoms with van der Waals surface area (Å²) in [6.07, 6.45) is -9.06. The van der Waals surface area contributed by atoms with E-state index < -0.39 is 177 Å². The van der Waals surface area contributed by atoms with Crippen molar-refractivity contribution < 1.29 is 150 Å². The minimum Gasteiger partial charge on any atom is -0.491 e. The number of aryl methyl sites for hydroxylation is 1. The topological polar surface area (TPSA) is 510 Å². The Bertz CT molecular complexity index is 5540. The van der Waals surface area contributed by atoms with Crippen molar-refractivity contribution in [2.45, 2.75) is 221 Å². The van der Waals surface area contributed by atoms with Crippen molar-refractivity contribution in [3.05, 3.63) is 168 Å². The molecule has 13 aliphatic rings. The van der Waals surface area contributed by atoms with E-state index in [9.17, 15) is 55.4 Å². The van der Waals surface area contributed by atoms with Gasteiger partial charge in [-0.3, -0.25) is 23.5 Å². The first-order valence-corrected chi connectivity index (χ1v) is 48.9. The summed E-state index contributed by atoms with van der Waals surface area (Å²) >= 11 is 2.98. The van der Waals surface area contributed by atoms with Gasteiger partial charge in [0.2, 0.25) is 0 Å². The summed E-state index contributed by atoms with van der Waals surface area (Å²) in [4.78, 5) is 86.6. The number of nitrogens with zero attached hydrogens (tertiary/aromatic N) is 11. The van der Waals surface area contributed by atoms with Crippen LogP contribution in [0.4, 0.5) is 48.5 Å². The van der Waals surface area contributed by atoms with Gasteiger partial charge in [-0.2, -0.15) is 4.98 Å². The number of hydrogen-bond donors (Lipinski definition) is 9. The summed E-state index contributed by atoms with van der Waals surface area (Å²) in [5, 5.41) is 26.0. The number of hydrogen-bond acceptors (Lipinski definition) is 41. The number of urea groups is 1. The number of thioether (sulfide) groups is 1. The Labute approximate surface area is 872 Å². The summed E-state index contributed by atoms with van der Waals surface area (Å²) in [5.74, 6) is 2.71. The van der Waals surface area contributed by atoms with Crippen molar-refractivity contribution in [1.82, 2.24) is 75.3 Å². The van der Waals surface area contributed by atoms with Gasteiger partial charge in [-0.15, -0.1) is 11.8 Å². The number of para-hydroxylation sites is 1. The first-order chi connectivity index (χ1) is 71.8. The predicted molar refractivity (Wildman–Crippen MR) is 534 cm³/mol. The van der Waals surface area contributed by atoms with E-state index in [1.54, 1.807) is 54.3 Å². The van der Waals surface area contributed by atoms with Crippen LogP contribution in [-0.4, -0.2) is 395 Å². The lowest BCUT2D eigenvalue weighted by atomic mass is 10.0. The molecule has 1 aromatic carbocycles. The van der Waals surface area contributed by atoms with Crippen LogP contribution in [-0.2, 0) is 109 Å². The summed E-state index contributed by atoms with van der Waals surface area (Å²) < 4.78 is 201. The maximum Gasteiger partial charge on any atom is 0.350 e. The maximum absolute atomic E-state index is 14.7. The van der Waals surface area contributed by atoms with Crippen LogP contribution in [0, 0.1) is 6.92 Å². The Hall–Kier alpha value is -10.8. The lowest BCUT2D eigenvalue weighted by molar-refractivity contribution is -0.120. The Balaban J connectivity index is 0.000000167. The molecule has 54 heteroatoms. The van der Waals surface area contributed by atoms with E-state index >= 15 is 0 Å². The van der Waals surface area contributed by atoms with Gasteiger partial charge in [0.05, 0.1) is 75.0 Å². The van der Waals surface area contributed by atoms with Crippen molar-refractivity contribution in [1.29, 1.82) is 0 Å². The molecule has 830 valence electrons. The van der Waals surface area contributed by atoms with Crippen LogP contribution in [0.15, 0.2) is 172 Å². The predicted octanol–water partition coefficient (Wildman–Crippen LogP) is 5.88. The highest BCUT2D eigenvalue weighted by Crippen LogP contribution is 2.50. The summed E-state index contributed by atoms with van der Waals surface area (Å²) in [7, 11) is 20.9. The smallest absolute Gasteiger partial charge is 0.350 e. The zero-order chi connectivity index (χ0) is 110. The van der Waals surface area contributed by atoms with E-state index in [-0.39, 0.29) is 85.9 Å². The van der Waals surface area contributed by atoms with Gasteiger partial charge >= 0.3 is 11.7 Å². The Morgan fingerprint density at radius 1 is 0.493 bits per heavy atom. The molecule has 13 aliphatic heterocycles. The second-order valence-electron chi connectivity index (χ2n) is 35.3. The molecule has 0 saturated carbocycles. The minimum atomic E-state index is -1.38. The standard InChI is InChI=1S/C20H25N3O5S2.C13H18FN5O3.C13H20FN3O3.2C13H19FN2O4.2C12H17FN2O4/c1-4-8-28-11-6-5-7-12-15(11)21-18-13(29-12)9-23(20(25)22-18)19-16(24)17(27-3)14(30-19)10-26-2;1-6-17-11(15)9-12(18-6)19(5-16-9)13-8(14)10(21-3)7(22-13)4-20-2;1-7-5-17(8(2)16-12(7)15)13-10(14)11(19-4)9(20-13)6-18-3;2*1-7-5-16(8(2)15-12(7)17)13-10(14)11(19-4)9(20-13)6-18-3;1-6-7(4-14-12(16)15-6)10-9(13)11(18-3)8(19-10)5-17-2;1-7-14-9(16)4-5-15(7)12-10(13)11(18-3)8(19-12)6-17-2/h5-7,9,14,16-17,19,24H,4,8,10H2,1-3H3,(H,21,22,25);5,7-8,10,13H,4H2,1-3H3,(H2,15,17,18);5,9-11,13H,2,6H2,1,3-4H3,(H2,15,16);2*5,9-11,13H,2,6H2,1,3-4H3,(H,15,17);4,8-11H,1,5H2,2-3H3,(H2,14,15,16);4-5,8,10-12H,1,6H2,2-3H3,(H,14,16)/t14-,16+,17?,19-;7-,8?,10-,13-;3*9-,10?,11-,13-;8-,9?,10+,11-;8-,10?,11-,12-/m1111111/s1. The second kappa shape index (κ2) is 55.2. The number of rotatable bonds is 31. The van der Waals surface area contributed by atoms with Crippen LogP contribution in [0.1, 0.15) is 51.5 Å². The number of aliphatic imine (C=N–C) groups is 1. The molecule has 0 aliphatic carbocycles. The number of anilines is 3. The lowest BCUT2D eigenvalue weighted by Crippen LogP contribution is -2.46. The van der Waals surface area contributed by atoms with Gasteiger partial charge in [0.25, 0.3) is 17.7 Å². The normalized spacial score (nSPS) is 31.6. The van der Waals surface area contributed by atoms with Gasteiger partial charge in [-0.1, -0.05) is 57.6 Å². The van der Waals surface area contributed by atoms with Crippen LogP contribution >= 0.6 is 23.5 Å². The average Bonchev–Trinajstić information content (AvgIpc) is 1.69. The highest BCUT2D eigenvalue weighted by molar-refractivity contribution is 8.00. The number of aromatic nitrogens is 6. The molecule has 7 saturated heterocycles. The minimum absolute atomic E-state index is 0.0762. The van der Waals surface area contributed by atoms with E-state index in [0.29, 0.717) is 70.1 Å². The number of aliphatic hydroxyl groups is 1. The largest absolute Gasteiger partial charge is 0.491 e. The Kier molecular flexibility index (Phi) is 43.9. The molecule has 150 heavy (non-hydrogen) atoms. The number of amidine groups is 1. The van der Waals surface area contributed by atoms with Crippen molar-refractivity contribution >= 4 is 81.6 Å². The number of nitrogens with one attached hydrogen (secondary N) is 6. The molecule has 46 nitrogen and oxygen atoms in total. The van der Waals surface area contributed by atoms with Gasteiger partial charge in [-0.25, -0.2) is 55.9 Å². The SMILES string of the molecule is C=C1N=C(N)C(C)=CN1[C@@H]1O[C@H](COC)[C@@H](OC)C1F.C=C1NC(=O)C(C)=CN1[C@@H]1O[C@H](COC)[C@@H](OC)C1F.C=C1NC(=O)C(C)=CN1[C@@H]1O[C@H](COC)[C@@H](OC)C1F.C=C1NC(=O)C=CN1[C@@H]1O[C@H](COC)[C@@H](OC)C1F.C=C1NC(=O)NC=C1[C@@H]1O[C@H](COC)[C@@H](OC)C1F.CCCOc1cccc2c1Nc1nc(=O)n([C@@H]3S[C@H](COC)C(OC)[C@@H]3O)cc1S2.COC[C@H]1O[C@@H](n2cnc3c(N)nc(C)nc32)C(F)[C@@H]1OC. The number of carbonyl (C=O) groups is 4. The Morgan fingerprint density at radius 3 is 1.39 bits per heavy atom. The molecule has 11 N–H and O–H groups in total. The molecule has 16 heterocycles. The zero-order valence-electron chi connectivity index (χ0n) is 86.6. The van der Waals surface area contributed by atoms with Gasteiger partial charge < -0.3 is 168 Å². The van der Waals surface area contributed by atoms with Crippen molar-refractivity contribution in [2.24, 2.45) is 10.7 Å². The molecule has 0 radical (unpaired) electrons. The summed E-state index contributed by atoms with van der Waals surface area (Å²) in [6.45, 7) is 29.8. The third kappa shape index (κ3) is 27.3. The highest BCUT2D eigenvalue weighted by atomic mass is 32.2. The number of amides is 5. The van der Waals surface area contributed by atoms with E-state index in [4.69, 9.17) is 111 Å². The molecule has 3 aromatic heterocycles. The summed E-state index contributed by atoms with van der Waals surface area (Å²) in [5.41, 5.74) is 15.2. The van der Waals surface area contributed by atoms with Crippen LogP contribution in [0.2, 0.25) is 0 Å². The first kappa shape index (κ1) is 119. The molecule has 7 unspecified atom stereocenters. The molecule has 17 rings (SSSR count). The first-order valence-electron chi connectivity index (χ1n) is 47.2. The molecular weight excluding hydrogens is 2030 g/mol. The number of nitrogens with two attached hydrogens (primary N) is 2. The van der Waals surface area contributed by atoms with E-state index in [2.05, 4.69) is 96.6 Å². The van der Waals surface area contributed by atoms with Crippen molar-refractivity contribution in [2.75, 3.05) is 163 Å². The van der Waals surface area contributed by atoms with Crippen molar-refractivity contribution in [3.8, 4) is 5.75 Å². The number of fused-ring (bicyclic) bond motifs is 3. The number of halogens is 6. The lowest BCUT2D eigenvalue weighted by Gasteiger charge is -2.33. The third-order valence-corrected chi connectivity index (χ3v) is 27.9. The molecule has 28 atom stereocenters. The third-order valence-electron chi connectivity index (χ3n) is 25.2. The van der Waals surface area contributed by atoms with E-state index in [0.717, 1.165) is 33.2 Å². The van der Waals surface area contributed by atoms with Crippen LogP contribution in [0.3, 0.4) is 0 Å².